The second-order valence-electron chi connectivity index (χ2n) is 12.0. The average Bonchev–Trinajstić information content (AvgIpc) is 3.47. The Morgan fingerprint density at radius 3 is 2.51 bits per heavy atom. The molecule has 4 heterocycles. The lowest BCUT2D eigenvalue weighted by atomic mass is 9.83. The van der Waals surface area contributed by atoms with Gasteiger partial charge in [-0.1, -0.05) is 19.4 Å². The van der Waals surface area contributed by atoms with Crippen LogP contribution in [0.25, 0.3) is 0 Å². The van der Waals surface area contributed by atoms with Gasteiger partial charge in [0.2, 0.25) is 0 Å². The molecule has 0 spiro atoms. The van der Waals surface area contributed by atoms with Crippen LogP contribution in [0.15, 0.2) is 16.6 Å². The highest BCUT2D eigenvalue weighted by Crippen LogP contribution is 2.47. The maximum Gasteiger partial charge on any atom is 0.255 e. The van der Waals surface area contributed by atoms with Gasteiger partial charge in [0.05, 0.1) is 11.5 Å². The zero-order valence-corrected chi connectivity index (χ0v) is 23.0. The minimum atomic E-state index is -0.315. The number of aryl methyl sites for hydroxylation is 1. The predicted octanol–water partition coefficient (Wildman–Crippen LogP) is 5.62. The molecule has 35 heavy (non-hydrogen) atoms. The monoisotopic (exact) mass is 495 g/mol. The highest BCUT2D eigenvalue weighted by Gasteiger charge is 2.40. The molecule has 5 rings (SSSR count). The van der Waals surface area contributed by atoms with Crippen molar-refractivity contribution in [1.29, 1.82) is 0 Å². The third-order valence-corrected chi connectivity index (χ3v) is 10.6. The van der Waals surface area contributed by atoms with Crippen LogP contribution in [0.1, 0.15) is 91.4 Å². The number of rotatable bonds is 6. The zero-order valence-electron chi connectivity index (χ0n) is 22.2. The average molecular weight is 496 g/mol. The Hall–Kier alpha value is -1.79. The van der Waals surface area contributed by atoms with Gasteiger partial charge in [-0.15, -0.1) is 11.3 Å². The van der Waals surface area contributed by atoms with Crippen molar-refractivity contribution in [2.45, 2.75) is 79.1 Å². The molecule has 1 aliphatic carbocycles. The van der Waals surface area contributed by atoms with E-state index in [1.165, 1.54) is 60.6 Å². The summed E-state index contributed by atoms with van der Waals surface area (Å²) in [7, 11) is 0. The molecule has 2 amide bonds. The van der Waals surface area contributed by atoms with Gasteiger partial charge in [-0.25, -0.2) is 4.99 Å². The topological polar surface area (TPSA) is 53.0 Å². The molecule has 190 valence electrons. The van der Waals surface area contributed by atoms with Gasteiger partial charge < -0.3 is 9.80 Å². The van der Waals surface area contributed by atoms with Crippen molar-refractivity contribution >= 4 is 28.9 Å². The Balaban J connectivity index is 1.29. The van der Waals surface area contributed by atoms with Crippen LogP contribution in [0.5, 0.6) is 0 Å². The second-order valence-corrected chi connectivity index (χ2v) is 13.1. The maximum absolute atomic E-state index is 13.8. The summed E-state index contributed by atoms with van der Waals surface area (Å²) in [6, 6.07) is 0. The van der Waals surface area contributed by atoms with E-state index in [2.05, 4.69) is 30.7 Å². The van der Waals surface area contributed by atoms with Gasteiger partial charge in [0.1, 0.15) is 0 Å². The van der Waals surface area contributed by atoms with E-state index in [1.54, 1.807) is 0 Å². The first-order valence-electron chi connectivity index (χ1n) is 13.6. The largest absolute Gasteiger partial charge is 0.337 e. The van der Waals surface area contributed by atoms with E-state index in [1.807, 2.05) is 36.2 Å². The Bertz CT molecular complexity index is 1070. The summed E-state index contributed by atoms with van der Waals surface area (Å²) < 4.78 is 0. The van der Waals surface area contributed by atoms with Crippen molar-refractivity contribution in [2.24, 2.45) is 22.2 Å². The fourth-order valence-corrected chi connectivity index (χ4v) is 7.92. The summed E-state index contributed by atoms with van der Waals surface area (Å²) in [6.45, 7) is 15.7. The minimum absolute atomic E-state index is 0.113. The van der Waals surface area contributed by atoms with Gasteiger partial charge in [0.15, 0.2) is 0 Å². The SMILES string of the molecule is CC1=CC(C)=NC(=O)C1CN1CCCc2sc([C@H](C)C3CCN(CC4(C)CC4)CC3)c(C)c2C1=O. The highest BCUT2D eigenvalue weighted by atomic mass is 32.1. The number of allylic oxidation sites excluding steroid dienone is 1. The van der Waals surface area contributed by atoms with Crippen LogP contribution in [0.3, 0.4) is 0 Å². The van der Waals surface area contributed by atoms with E-state index in [4.69, 9.17) is 0 Å². The van der Waals surface area contributed by atoms with Gasteiger partial charge in [-0.2, -0.15) is 0 Å². The lowest BCUT2D eigenvalue weighted by Crippen LogP contribution is -2.39. The molecule has 1 unspecified atom stereocenters. The number of amides is 2. The number of dihydropyridines is 1. The smallest absolute Gasteiger partial charge is 0.255 e. The molecule has 6 heteroatoms. The molecule has 3 aliphatic heterocycles. The molecule has 1 aromatic heterocycles. The van der Waals surface area contributed by atoms with Crippen LogP contribution < -0.4 is 0 Å². The number of thiophene rings is 1. The van der Waals surface area contributed by atoms with Crippen LogP contribution in [0.4, 0.5) is 0 Å². The number of nitrogens with zero attached hydrogens (tertiary/aromatic N) is 3. The summed E-state index contributed by atoms with van der Waals surface area (Å²) in [4.78, 5) is 37.8. The van der Waals surface area contributed by atoms with E-state index < -0.39 is 0 Å². The van der Waals surface area contributed by atoms with E-state index in [-0.39, 0.29) is 17.7 Å². The molecule has 4 aliphatic rings. The normalized spacial score (nSPS) is 26.2. The predicted molar refractivity (Wildman–Crippen MR) is 144 cm³/mol. The molecule has 2 atom stereocenters. The number of fused-ring (bicyclic) bond motifs is 1. The quantitative estimate of drug-likeness (QED) is 0.514. The molecule has 0 N–H and O–H groups in total. The van der Waals surface area contributed by atoms with Crippen LogP contribution in [-0.4, -0.2) is 60.0 Å². The van der Waals surface area contributed by atoms with Gasteiger partial charge in [-0.3, -0.25) is 9.59 Å². The number of carbonyl (C=O) groups is 2. The Kier molecular flexibility index (Phi) is 6.82. The van der Waals surface area contributed by atoms with Gasteiger partial charge in [0.25, 0.3) is 11.8 Å². The van der Waals surface area contributed by atoms with Crippen LogP contribution in [0.2, 0.25) is 0 Å². The van der Waals surface area contributed by atoms with Crippen LogP contribution in [-0.2, 0) is 11.2 Å². The third-order valence-electron chi connectivity index (χ3n) is 9.03. The zero-order chi connectivity index (χ0) is 24.9. The van der Waals surface area contributed by atoms with Crippen molar-refractivity contribution in [2.75, 3.05) is 32.7 Å². The summed E-state index contributed by atoms with van der Waals surface area (Å²) in [6.07, 6.45) is 9.19. The van der Waals surface area contributed by atoms with Gasteiger partial charge >= 0.3 is 0 Å². The van der Waals surface area contributed by atoms with Crippen molar-refractivity contribution in [3.05, 3.63) is 32.5 Å². The Morgan fingerprint density at radius 2 is 1.86 bits per heavy atom. The summed E-state index contributed by atoms with van der Waals surface area (Å²) in [5.41, 5.74) is 4.48. The third kappa shape index (κ3) is 5.06. The molecular formula is C29H41N3O2S. The molecule has 1 saturated heterocycles. The van der Waals surface area contributed by atoms with Crippen molar-refractivity contribution in [1.82, 2.24) is 9.80 Å². The van der Waals surface area contributed by atoms with E-state index in [0.29, 0.717) is 30.3 Å². The highest BCUT2D eigenvalue weighted by molar-refractivity contribution is 7.12. The number of aliphatic imine (C=N–C) groups is 1. The molecule has 2 fully saturated rings. The summed E-state index contributed by atoms with van der Waals surface area (Å²) in [5.74, 6) is 0.875. The van der Waals surface area contributed by atoms with E-state index in [9.17, 15) is 9.59 Å². The van der Waals surface area contributed by atoms with Crippen LogP contribution in [0, 0.1) is 24.2 Å². The lowest BCUT2D eigenvalue weighted by Gasteiger charge is -2.36. The maximum atomic E-state index is 13.8. The van der Waals surface area contributed by atoms with Crippen molar-refractivity contribution in [3.63, 3.8) is 0 Å². The standard InChI is InChI=1S/C29H41N3O2S/c1-18-15-19(2)30-27(33)23(18)16-32-12-6-7-24-25(28(32)34)21(4)26(35-24)20(3)22-8-13-31(14-9-22)17-29(5)10-11-29/h15,20,22-23H,6-14,16-17H2,1-5H3/t20-,23?/m1/s1. The van der Waals surface area contributed by atoms with Crippen molar-refractivity contribution in [3.8, 4) is 0 Å². The number of hydrogen-bond acceptors (Lipinski definition) is 4. The minimum Gasteiger partial charge on any atom is -0.337 e. The summed E-state index contributed by atoms with van der Waals surface area (Å²) in [5, 5.41) is 0. The lowest BCUT2D eigenvalue weighted by molar-refractivity contribution is -0.120. The fraction of sp³-hybridized carbons (Fsp3) is 0.690. The van der Waals surface area contributed by atoms with Gasteiger partial charge in [0, 0.05) is 35.1 Å². The molecule has 0 aromatic carbocycles. The molecule has 0 bridgehead atoms. The fourth-order valence-electron chi connectivity index (χ4n) is 6.43. The molecule has 0 radical (unpaired) electrons. The first-order valence-corrected chi connectivity index (χ1v) is 14.4. The number of likely N-dealkylation sites (tertiary alicyclic amines) is 1. The number of carbonyl (C=O) groups excluding carboxylic acids is 2. The number of piperidine rings is 1. The van der Waals surface area contributed by atoms with E-state index in [0.717, 1.165) is 29.7 Å². The first-order chi connectivity index (χ1) is 16.6. The molecule has 1 aromatic rings. The van der Waals surface area contributed by atoms with Crippen molar-refractivity contribution < 1.29 is 9.59 Å². The Labute approximate surface area is 214 Å². The summed E-state index contributed by atoms with van der Waals surface area (Å²) >= 11 is 1.89. The van der Waals surface area contributed by atoms with Crippen LogP contribution >= 0.6 is 11.3 Å². The van der Waals surface area contributed by atoms with E-state index >= 15 is 0 Å². The Morgan fingerprint density at radius 1 is 1.14 bits per heavy atom. The second kappa shape index (κ2) is 9.59. The van der Waals surface area contributed by atoms with Gasteiger partial charge in [-0.05, 0) is 101 Å². The molecule has 5 nitrogen and oxygen atoms in total. The molecular weight excluding hydrogens is 454 g/mol. The molecule has 1 saturated carbocycles. The first kappa shape index (κ1) is 24.9. The number of hydrogen-bond donors (Lipinski definition) is 0.